The second kappa shape index (κ2) is 11.6. The zero-order valence-corrected chi connectivity index (χ0v) is 22.3. The highest BCUT2D eigenvalue weighted by Crippen LogP contribution is 2.26. The summed E-state index contributed by atoms with van der Waals surface area (Å²) in [4.78, 5) is 24.3. The lowest BCUT2D eigenvalue weighted by molar-refractivity contribution is -0.130. The minimum absolute atomic E-state index is 0.0797. The van der Waals surface area contributed by atoms with E-state index in [1.807, 2.05) is 24.3 Å². The van der Waals surface area contributed by atoms with Gasteiger partial charge < -0.3 is 9.64 Å². The van der Waals surface area contributed by atoms with Crippen molar-refractivity contribution in [3.8, 4) is 17.1 Å². The molecule has 3 aromatic rings. The summed E-state index contributed by atoms with van der Waals surface area (Å²) in [6.07, 6.45) is 6.60. The summed E-state index contributed by atoms with van der Waals surface area (Å²) in [6.45, 7) is 3.44. The Morgan fingerprint density at radius 3 is 2.62 bits per heavy atom. The van der Waals surface area contributed by atoms with Gasteiger partial charge in [0.15, 0.2) is 11.6 Å². The van der Waals surface area contributed by atoms with Gasteiger partial charge in [-0.25, -0.2) is 15.0 Å². The lowest BCUT2D eigenvalue weighted by atomic mass is 9.98. The van der Waals surface area contributed by atoms with Gasteiger partial charge >= 0.3 is 0 Å². The van der Waals surface area contributed by atoms with Gasteiger partial charge in [0, 0.05) is 27.6 Å². The van der Waals surface area contributed by atoms with Crippen LogP contribution in [-0.2, 0) is 11.2 Å². The first-order chi connectivity index (χ1) is 17.9. The van der Waals surface area contributed by atoms with Gasteiger partial charge in [-0.05, 0) is 68.7 Å². The van der Waals surface area contributed by atoms with Crippen molar-refractivity contribution in [3.63, 3.8) is 0 Å². The SMILES string of the molecule is CN1CCC(COc2cnc(-c3cccc(CC(=O)N4CCC(c5cc(Cl)ccc5Cl)=N4)c3)nc2)CC1. The highest BCUT2D eigenvalue weighted by atomic mass is 35.5. The number of hydrazone groups is 1. The van der Waals surface area contributed by atoms with Crippen LogP contribution in [0.4, 0.5) is 0 Å². The molecule has 1 fully saturated rings. The van der Waals surface area contributed by atoms with Crippen molar-refractivity contribution in [3.05, 3.63) is 76.0 Å². The van der Waals surface area contributed by atoms with E-state index < -0.39 is 0 Å². The summed E-state index contributed by atoms with van der Waals surface area (Å²) in [5.74, 6) is 1.77. The Balaban J connectivity index is 1.20. The number of halogens is 2. The molecule has 0 bridgehead atoms. The van der Waals surface area contributed by atoms with Crippen LogP contribution in [0.3, 0.4) is 0 Å². The van der Waals surface area contributed by atoms with Crippen LogP contribution in [-0.4, -0.2) is 64.8 Å². The average Bonchev–Trinajstić information content (AvgIpc) is 3.41. The monoisotopic (exact) mass is 537 g/mol. The van der Waals surface area contributed by atoms with Crippen LogP contribution >= 0.6 is 23.2 Å². The molecule has 0 N–H and O–H groups in total. The zero-order chi connectivity index (χ0) is 25.8. The summed E-state index contributed by atoms with van der Waals surface area (Å²) in [6, 6.07) is 13.0. The predicted molar refractivity (Wildman–Crippen MR) is 146 cm³/mol. The summed E-state index contributed by atoms with van der Waals surface area (Å²) in [5, 5.41) is 7.18. The molecule has 9 heteroatoms. The molecule has 5 rings (SSSR count). The molecule has 0 spiro atoms. The quantitative estimate of drug-likeness (QED) is 0.406. The molecule has 37 heavy (non-hydrogen) atoms. The lowest BCUT2D eigenvalue weighted by Crippen LogP contribution is -2.32. The van der Waals surface area contributed by atoms with E-state index in [-0.39, 0.29) is 12.3 Å². The summed E-state index contributed by atoms with van der Waals surface area (Å²) in [7, 11) is 2.16. The van der Waals surface area contributed by atoms with E-state index in [9.17, 15) is 4.79 Å². The largest absolute Gasteiger partial charge is 0.490 e. The van der Waals surface area contributed by atoms with Crippen molar-refractivity contribution < 1.29 is 9.53 Å². The van der Waals surface area contributed by atoms with Crippen molar-refractivity contribution in [2.24, 2.45) is 11.0 Å². The van der Waals surface area contributed by atoms with E-state index in [1.165, 1.54) is 5.01 Å². The van der Waals surface area contributed by atoms with Crippen LogP contribution in [0.1, 0.15) is 30.4 Å². The van der Waals surface area contributed by atoms with Gasteiger partial charge in [0.05, 0.1) is 37.7 Å². The van der Waals surface area contributed by atoms with E-state index in [0.29, 0.717) is 47.1 Å². The van der Waals surface area contributed by atoms with E-state index >= 15 is 0 Å². The molecule has 2 aliphatic heterocycles. The number of nitrogens with zero attached hydrogens (tertiary/aromatic N) is 5. The second-order valence-corrected chi connectivity index (χ2v) is 10.5. The number of carbonyl (C=O) groups is 1. The molecule has 0 atom stereocenters. The maximum absolute atomic E-state index is 13.0. The number of hydrogen-bond acceptors (Lipinski definition) is 6. The van der Waals surface area contributed by atoms with Crippen molar-refractivity contribution >= 4 is 34.8 Å². The molecule has 0 aliphatic carbocycles. The number of benzene rings is 2. The summed E-state index contributed by atoms with van der Waals surface area (Å²) in [5.41, 5.74) is 3.25. The maximum atomic E-state index is 13.0. The molecule has 0 unspecified atom stereocenters. The molecule has 0 radical (unpaired) electrons. The molecule has 192 valence electrons. The topological polar surface area (TPSA) is 70.9 Å². The van der Waals surface area contributed by atoms with Crippen LogP contribution < -0.4 is 4.74 Å². The minimum Gasteiger partial charge on any atom is -0.490 e. The van der Waals surface area contributed by atoms with Crippen LogP contribution in [0.25, 0.3) is 11.4 Å². The fourth-order valence-corrected chi connectivity index (χ4v) is 5.01. The highest BCUT2D eigenvalue weighted by molar-refractivity contribution is 6.36. The van der Waals surface area contributed by atoms with Gasteiger partial charge in [-0.2, -0.15) is 5.10 Å². The molecule has 2 aromatic carbocycles. The average molecular weight is 538 g/mol. The molecule has 1 saturated heterocycles. The summed E-state index contributed by atoms with van der Waals surface area (Å²) < 4.78 is 5.94. The molecule has 2 aliphatic rings. The number of hydrogen-bond donors (Lipinski definition) is 0. The van der Waals surface area contributed by atoms with Crippen LogP contribution in [0, 0.1) is 5.92 Å². The third kappa shape index (κ3) is 6.47. The molecule has 1 amide bonds. The number of rotatable bonds is 7. The molecule has 0 saturated carbocycles. The van der Waals surface area contributed by atoms with Crippen molar-refractivity contribution in [1.29, 1.82) is 0 Å². The Labute approximate surface area is 227 Å². The van der Waals surface area contributed by atoms with Gasteiger partial charge in [-0.1, -0.05) is 41.4 Å². The normalized spacial score (nSPS) is 16.6. The first kappa shape index (κ1) is 25.6. The second-order valence-electron chi connectivity index (χ2n) is 9.61. The molecular formula is C28H29Cl2N5O2. The third-order valence-corrected chi connectivity index (χ3v) is 7.39. The molecule has 1 aromatic heterocycles. The number of carbonyl (C=O) groups excluding carboxylic acids is 1. The zero-order valence-electron chi connectivity index (χ0n) is 20.7. The Kier molecular flexibility index (Phi) is 8.03. The molecule has 3 heterocycles. The van der Waals surface area contributed by atoms with E-state index in [2.05, 4.69) is 27.0 Å². The van der Waals surface area contributed by atoms with Gasteiger partial charge in [-0.15, -0.1) is 0 Å². The number of piperidine rings is 1. The van der Waals surface area contributed by atoms with E-state index in [4.69, 9.17) is 27.9 Å². The van der Waals surface area contributed by atoms with Gasteiger partial charge in [0.25, 0.3) is 0 Å². The van der Waals surface area contributed by atoms with Crippen LogP contribution in [0.5, 0.6) is 5.75 Å². The Morgan fingerprint density at radius 2 is 1.84 bits per heavy atom. The van der Waals surface area contributed by atoms with E-state index in [0.717, 1.165) is 48.3 Å². The number of aromatic nitrogens is 2. The van der Waals surface area contributed by atoms with Crippen molar-refractivity contribution in [2.45, 2.75) is 25.7 Å². The Morgan fingerprint density at radius 1 is 1.05 bits per heavy atom. The first-order valence-electron chi connectivity index (χ1n) is 12.5. The molecule has 7 nitrogen and oxygen atoms in total. The highest BCUT2D eigenvalue weighted by Gasteiger charge is 2.23. The van der Waals surface area contributed by atoms with Crippen LogP contribution in [0.15, 0.2) is 60.0 Å². The fourth-order valence-electron chi connectivity index (χ4n) is 4.61. The minimum atomic E-state index is -0.0797. The smallest absolute Gasteiger partial charge is 0.247 e. The van der Waals surface area contributed by atoms with Crippen molar-refractivity contribution in [1.82, 2.24) is 19.9 Å². The van der Waals surface area contributed by atoms with Crippen molar-refractivity contribution in [2.75, 3.05) is 33.3 Å². The standard InChI is InChI=1S/C28H29Cl2N5O2/c1-34-10-7-19(8-11-34)18-37-23-16-31-28(32-17-23)21-4-2-3-20(13-21)14-27(36)35-12-9-26(33-35)24-15-22(29)5-6-25(24)30/h2-6,13,15-17,19H,7-12,14,18H2,1H3. The number of likely N-dealkylation sites (tertiary alicyclic amines) is 1. The molecular weight excluding hydrogens is 509 g/mol. The predicted octanol–water partition coefficient (Wildman–Crippen LogP) is 5.35. The van der Waals surface area contributed by atoms with Gasteiger partial charge in [0.1, 0.15) is 0 Å². The van der Waals surface area contributed by atoms with Gasteiger partial charge in [0.2, 0.25) is 5.91 Å². The number of ether oxygens (including phenoxy) is 1. The Bertz CT molecular complexity index is 1290. The summed E-state index contributed by atoms with van der Waals surface area (Å²) >= 11 is 12.4. The Hall–Kier alpha value is -3.00. The van der Waals surface area contributed by atoms with Crippen LogP contribution in [0.2, 0.25) is 10.0 Å². The lowest BCUT2D eigenvalue weighted by Gasteiger charge is -2.28. The third-order valence-electron chi connectivity index (χ3n) is 6.82. The van der Waals surface area contributed by atoms with Gasteiger partial charge in [-0.3, -0.25) is 4.79 Å². The fraction of sp³-hybridized carbons (Fsp3) is 0.357. The number of amides is 1. The maximum Gasteiger partial charge on any atom is 0.247 e. The first-order valence-corrected chi connectivity index (χ1v) is 13.3. The van der Waals surface area contributed by atoms with E-state index in [1.54, 1.807) is 30.6 Å².